The molecular weight excluding hydrogens is 414 g/mol. The number of aliphatic hydroxyl groups is 1. The highest BCUT2D eigenvalue weighted by Gasteiger charge is 2.26. The molecule has 2 rings (SSSR count). The van der Waals surface area contributed by atoms with E-state index in [4.69, 9.17) is 4.74 Å². The predicted molar refractivity (Wildman–Crippen MR) is 105 cm³/mol. The van der Waals surface area contributed by atoms with Gasteiger partial charge in [0.15, 0.2) is 0 Å². The zero-order valence-electron chi connectivity index (χ0n) is 14.6. The zero-order valence-corrected chi connectivity index (χ0v) is 16.2. The van der Waals surface area contributed by atoms with E-state index >= 15 is 0 Å². The second kappa shape index (κ2) is 10.4. The first kappa shape index (κ1) is 20.6. The second-order valence-corrected chi connectivity index (χ2v) is 6.63. The van der Waals surface area contributed by atoms with Crippen LogP contribution in [0.25, 0.3) is 0 Å². The molecule has 2 amide bonds. The summed E-state index contributed by atoms with van der Waals surface area (Å²) in [5, 5.41) is 15.9. The van der Waals surface area contributed by atoms with E-state index in [1.807, 2.05) is 54.6 Å². The summed E-state index contributed by atoms with van der Waals surface area (Å²) < 4.78 is 5.99. The molecule has 8 heteroatoms. The summed E-state index contributed by atoms with van der Waals surface area (Å²) in [4.78, 5) is 24.1. The molecule has 0 radical (unpaired) electrons. The van der Waals surface area contributed by atoms with E-state index in [2.05, 4.69) is 31.8 Å². The third kappa shape index (κ3) is 7.20. The summed E-state index contributed by atoms with van der Waals surface area (Å²) in [5.41, 5.74) is 3.88. The van der Waals surface area contributed by atoms with Gasteiger partial charge in [0, 0.05) is 4.47 Å². The Hall–Kier alpha value is -2.71. The topological polar surface area (TPSA) is 100 Å². The lowest BCUT2D eigenvalue weighted by atomic mass is 10.2. The fourth-order valence-corrected chi connectivity index (χ4v) is 2.35. The number of carbonyl (C=O) groups excluding carboxylic acids is 2. The summed E-state index contributed by atoms with van der Waals surface area (Å²) in [6.07, 6.45) is -0.481. The van der Waals surface area contributed by atoms with Gasteiger partial charge in [-0.1, -0.05) is 58.4 Å². The van der Waals surface area contributed by atoms with Crippen LogP contribution in [0.1, 0.15) is 18.1 Å². The Bertz CT molecular complexity index is 779. The highest BCUT2D eigenvalue weighted by molar-refractivity contribution is 9.10. The van der Waals surface area contributed by atoms with Crippen molar-refractivity contribution in [2.75, 3.05) is 0 Å². The molecule has 2 unspecified atom stereocenters. The van der Waals surface area contributed by atoms with Crippen LogP contribution in [-0.4, -0.2) is 35.5 Å². The summed E-state index contributed by atoms with van der Waals surface area (Å²) in [6.45, 7) is 1.45. The third-order valence-electron chi connectivity index (χ3n) is 3.51. The number of nitrogens with zero attached hydrogens (tertiary/aromatic N) is 1. The molecule has 0 bridgehead atoms. The van der Waals surface area contributed by atoms with E-state index < -0.39 is 24.1 Å². The number of ether oxygens (including phenoxy) is 1. The van der Waals surface area contributed by atoms with E-state index in [9.17, 15) is 14.7 Å². The van der Waals surface area contributed by atoms with Gasteiger partial charge in [0.2, 0.25) is 0 Å². The number of halogens is 1. The molecule has 7 nitrogen and oxygen atoms in total. The van der Waals surface area contributed by atoms with Crippen LogP contribution in [0, 0.1) is 0 Å². The van der Waals surface area contributed by atoms with Gasteiger partial charge >= 0.3 is 6.09 Å². The van der Waals surface area contributed by atoms with Crippen LogP contribution < -0.4 is 10.7 Å². The van der Waals surface area contributed by atoms with Crippen molar-refractivity contribution in [3.63, 3.8) is 0 Å². The van der Waals surface area contributed by atoms with Crippen LogP contribution in [0.2, 0.25) is 0 Å². The lowest BCUT2D eigenvalue weighted by Crippen LogP contribution is -2.51. The number of benzene rings is 2. The standard InChI is InChI=1S/C19H20BrN3O4/c1-13(24)17(22-19(26)27-12-15-5-3-2-4-6-15)18(25)23-21-11-14-7-9-16(20)10-8-14/h2-11,13,17,24H,12H2,1H3,(H,22,26)(H,23,25)/b21-11+. The first-order valence-electron chi connectivity index (χ1n) is 8.19. The molecule has 142 valence electrons. The molecule has 0 aliphatic rings. The first-order chi connectivity index (χ1) is 13.0. The SMILES string of the molecule is CC(O)C(NC(=O)OCc1ccccc1)C(=O)N/N=C/c1ccc(Br)cc1. The molecule has 2 aromatic rings. The largest absolute Gasteiger partial charge is 0.445 e. The minimum Gasteiger partial charge on any atom is -0.445 e. The number of hydrogen-bond donors (Lipinski definition) is 3. The molecule has 0 saturated heterocycles. The Morgan fingerprint density at radius 1 is 1.19 bits per heavy atom. The number of hydrazone groups is 1. The average Bonchev–Trinajstić information content (AvgIpc) is 2.66. The smallest absolute Gasteiger partial charge is 0.408 e. The van der Waals surface area contributed by atoms with Gasteiger partial charge in [-0.25, -0.2) is 10.2 Å². The van der Waals surface area contributed by atoms with Crippen molar-refractivity contribution in [1.82, 2.24) is 10.7 Å². The van der Waals surface area contributed by atoms with Gasteiger partial charge in [-0.15, -0.1) is 0 Å². The van der Waals surface area contributed by atoms with Crippen molar-refractivity contribution in [1.29, 1.82) is 0 Å². The fraction of sp³-hybridized carbons (Fsp3) is 0.211. The number of aliphatic hydroxyl groups excluding tert-OH is 1. The van der Waals surface area contributed by atoms with Gasteiger partial charge in [-0.3, -0.25) is 4.79 Å². The van der Waals surface area contributed by atoms with Crippen LogP contribution in [0.3, 0.4) is 0 Å². The van der Waals surface area contributed by atoms with Crippen molar-refractivity contribution in [3.05, 3.63) is 70.2 Å². The molecule has 3 N–H and O–H groups in total. The van der Waals surface area contributed by atoms with E-state index in [1.165, 1.54) is 13.1 Å². The Kier molecular flexibility index (Phi) is 7.97. The molecule has 0 aliphatic heterocycles. The highest BCUT2D eigenvalue weighted by Crippen LogP contribution is 2.09. The molecule has 0 heterocycles. The van der Waals surface area contributed by atoms with Crippen LogP contribution in [-0.2, 0) is 16.1 Å². The second-order valence-electron chi connectivity index (χ2n) is 5.71. The van der Waals surface area contributed by atoms with Gasteiger partial charge in [0.1, 0.15) is 12.6 Å². The van der Waals surface area contributed by atoms with E-state index in [0.29, 0.717) is 0 Å². The fourth-order valence-electron chi connectivity index (χ4n) is 2.09. The Labute approximate surface area is 165 Å². The normalized spacial score (nSPS) is 13.0. The van der Waals surface area contributed by atoms with Gasteiger partial charge < -0.3 is 15.2 Å². The lowest BCUT2D eigenvalue weighted by Gasteiger charge is -2.19. The van der Waals surface area contributed by atoms with Crippen molar-refractivity contribution >= 4 is 34.1 Å². The molecular formula is C19H20BrN3O4. The van der Waals surface area contributed by atoms with Gasteiger partial charge in [-0.05, 0) is 30.2 Å². The summed E-state index contributed by atoms with van der Waals surface area (Å²) in [5.74, 6) is -0.657. The Morgan fingerprint density at radius 2 is 1.85 bits per heavy atom. The monoisotopic (exact) mass is 433 g/mol. The third-order valence-corrected chi connectivity index (χ3v) is 4.04. The lowest BCUT2D eigenvalue weighted by molar-refractivity contribution is -0.125. The molecule has 0 saturated carbocycles. The van der Waals surface area contributed by atoms with Crippen LogP contribution >= 0.6 is 15.9 Å². The zero-order chi connectivity index (χ0) is 19.6. The number of alkyl carbamates (subject to hydrolysis) is 1. The molecule has 2 aromatic carbocycles. The van der Waals surface area contributed by atoms with Gasteiger partial charge in [0.25, 0.3) is 5.91 Å². The number of amides is 2. The minimum absolute atomic E-state index is 0.0581. The van der Waals surface area contributed by atoms with E-state index in [0.717, 1.165) is 15.6 Å². The molecule has 0 spiro atoms. The quantitative estimate of drug-likeness (QED) is 0.461. The molecule has 0 fully saturated rings. The number of rotatable bonds is 7. The van der Waals surface area contributed by atoms with Gasteiger partial charge in [-0.2, -0.15) is 5.10 Å². The Morgan fingerprint density at radius 3 is 2.48 bits per heavy atom. The first-order valence-corrected chi connectivity index (χ1v) is 8.99. The van der Waals surface area contributed by atoms with Crippen LogP contribution in [0.5, 0.6) is 0 Å². The maximum atomic E-state index is 12.2. The summed E-state index contributed by atoms with van der Waals surface area (Å²) in [6, 6.07) is 15.2. The Balaban J connectivity index is 1.86. The maximum Gasteiger partial charge on any atom is 0.408 e. The van der Waals surface area contributed by atoms with Crippen LogP contribution in [0.15, 0.2) is 64.2 Å². The maximum absolute atomic E-state index is 12.2. The number of nitrogens with one attached hydrogen (secondary N) is 2. The van der Waals surface area contributed by atoms with Crippen molar-refractivity contribution < 1.29 is 19.4 Å². The summed E-state index contributed by atoms with van der Waals surface area (Å²) >= 11 is 3.33. The van der Waals surface area contributed by atoms with E-state index in [1.54, 1.807) is 0 Å². The molecule has 0 aromatic heterocycles. The predicted octanol–water partition coefficient (Wildman–Crippen LogP) is 2.58. The molecule has 2 atom stereocenters. The minimum atomic E-state index is -1.20. The van der Waals surface area contributed by atoms with Crippen molar-refractivity contribution in [3.8, 4) is 0 Å². The molecule has 27 heavy (non-hydrogen) atoms. The van der Waals surface area contributed by atoms with Crippen molar-refractivity contribution in [2.24, 2.45) is 5.10 Å². The average molecular weight is 434 g/mol. The van der Waals surface area contributed by atoms with Crippen molar-refractivity contribution in [2.45, 2.75) is 25.7 Å². The van der Waals surface area contributed by atoms with E-state index in [-0.39, 0.29) is 6.61 Å². The summed E-state index contributed by atoms with van der Waals surface area (Å²) in [7, 11) is 0. The highest BCUT2D eigenvalue weighted by atomic mass is 79.9. The van der Waals surface area contributed by atoms with Gasteiger partial charge in [0.05, 0.1) is 12.3 Å². The molecule has 0 aliphatic carbocycles. The number of carbonyl (C=O) groups is 2. The van der Waals surface area contributed by atoms with Crippen LogP contribution in [0.4, 0.5) is 4.79 Å². The number of hydrogen-bond acceptors (Lipinski definition) is 5.